The number of nitriles is 2. The second-order valence-corrected chi connectivity index (χ2v) is 7.27. The van der Waals surface area contributed by atoms with Crippen molar-refractivity contribution >= 4 is 0 Å². The fraction of sp³-hybridized carbons (Fsp3) is 0.0370. The highest BCUT2D eigenvalue weighted by Crippen LogP contribution is 2.51. The smallest absolute Gasteiger partial charge is 0.292 e. The zero-order chi connectivity index (χ0) is 21.2. The Labute approximate surface area is 180 Å². The molecule has 0 spiro atoms. The van der Waals surface area contributed by atoms with E-state index in [9.17, 15) is 0 Å². The van der Waals surface area contributed by atoms with E-state index < -0.39 is 0 Å². The van der Waals surface area contributed by atoms with Gasteiger partial charge in [-0.05, 0) is 63.2 Å². The molecule has 4 aromatic carbocycles. The van der Waals surface area contributed by atoms with Crippen LogP contribution in [-0.4, -0.2) is 0 Å². The van der Waals surface area contributed by atoms with Crippen LogP contribution < -0.4 is 9.47 Å². The third kappa shape index (κ3) is 3.17. The van der Waals surface area contributed by atoms with Crippen LogP contribution in [0.2, 0.25) is 0 Å². The fourth-order valence-electron chi connectivity index (χ4n) is 4.39. The standard InChI is InChI=1S/C27H16N2O2/c28-16-30-20-12-8-18(9-13-20)22-6-3-7-25-23-4-1-2-5-24(23)26(27(22)25)19-10-14-21(15-11-19)31-17-29/h1-15,26H. The molecule has 4 nitrogen and oxygen atoms in total. The first-order chi connectivity index (χ1) is 15.3. The summed E-state index contributed by atoms with van der Waals surface area (Å²) in [6.45, 7) is 0. The normalized spacial score (nSPS) is 13.4. The number of fused-ring (bicyclic) bond motifs is 3. The van der Waals surface area contributed by atoms with E-state index in [1.54, 1.807) is 12.5 Å². The Bertz CT molecular complexity index is 1340. The van der Waals surface area contributed by atoms with E-state index in [1.165, 1.54) is 22.3 Å². The second-order valence-electron chi connectivity index (χ2n) is 7.27. The molecule has 0 amide bonds. The first-order valence-electron chi connectivity index (χ1n) is 9.84. The lowest BCUT2D eigenvalue weighted by Gasteiger charge is -2.18. The largest absolute Gasteiger partial charge is 0.388 e. The predicted octanol–water partition coefficient (Wildman–Crippen LogP) is 6.23. The van der Waals surface area contributed by atoms with Gasteiger partial charge in [0.25, 0.3) is 12.5 Å². The van der Waals surface area contributed by atoms with Crippen LogP contribution in [0.4, 0.5) is 0 Å². The molecule has 0 saturated heterocycles. The van der Waals surface area contributed by atoms with E-state index in [0.717, 1.165) is 16.7 Å². The van der Waals surface area contributed by atoms with Crippen molar-refractivity contribution in [2.75, 3.05) is 0 Å². The molecule has 0 radical (unpaired) electrons. The van der Waals surface area contributed by atoms with Gasteiger partial charge >= 0.3 is 0 Å². The van der Waals surface area contributed by atoms with Gasteiger partial charge in [0.2, 0.25) is 0 Å². The zero-order valence-electron chi connectivity index (χ0n) is 16.4. The Morgan fingerprint density at radius 2 is 1.16 bits per heavy atom. The van der Waals surface area contributed by atoms with Crippen LogP contribution in [-0.2, 0) is 0 Å². The van der Waals surface area contributed by atoms with Crippen molar-refractivity contribution in [3.05, 3.63) is 108 Å². The molecule has 5 rings (SSSR count). The Morgan fingerprint density at radius 3 is 1.84 bits per heavy atom. The number of hydrogen-bond donors (Lipinski definition) is 0. The van der Waals surface area contributed by atoms with E-state index in [1.807, 2.05) is 48.5 Å². The molecule has 0 N–H and O–H groups in total. The Hall–Kier alpha value is -4.54. The minimum atomic E-state index is 0.0635. The minimum absolute atomic E-state index is 0.0635. The maximum atomic E-state index is 8.78. The van der Waals surface area contributed by atoms with Crippen LogP contribution in [0.25, 0.3) is 22.3 Å². The summed E-state index contributed by atoms with van der Waals surface area (Å²) in [6.07, 6.45) is 3.43. The van der Waals surface area contributed by atoms with Crippen molar-refractivity contribution in [2.45, 2.75) is 5.92 Å². The summed E-state index contributed by atoms with van der Waals surface area (Å²) in [5.41, 5.74) is 8.27. The van der Waals surface area contributed by atoms with E-state index in [4.69, 9.17) is 20.0 Å². The van der Waals surface area contributed by atoms with Crippen molar-refractivity contribution in [2.24, 2.45) is 0 Å². The molecule has 0 bridgehead atoms. The lowest BCUT2D eigenvalue weighted by Crippen LogP contribution is -2.01. The summed E-state index contributed by atoms with van der Waals surface area (Å²) >= 11 is 0. The molecule has 1 aliphatic carbocycles. The second kappa shape index (κ2) is 7.71. The molecule has 31 heavy (non-hydrogen) atoms. The molecule has 1 aliphatic rings. The van der Waals surface area contributed by atoms with Crippen LogP contribution in [0.1, 0.15) is 22.6 Å². The number of nitrogens with zero attached hydrogens (tertiary/aromatic N) is 2. The SMILES string of the molecule is N#COc1ccc(-c2cccc3c2C(c2ccc(OC#N)cc2)c2ccccc2-3)cc1. The summed E-state index contributed by atoms with van der Waals surface area (Å²) in [5.74, 6) is 1.11. The average Bonchev–Trinajstić information content (AvgIpc) is 3.15. The molecular formula is C27H16N2O2. The molecule has 0 saturated carbocycles. The number of hydrogen-bond acceptors (Lipinski definition) is 4. The van der Waals surface area contributed by atoms with Gasteiger partial charge in [-0.25, -0.2) is 0 Å². The molecule has 0 aliphatic heterocycles. The van der Waals surface area contributed by atoms with Crippen LogP contribution in [0.3, 0.4) is 0 Å². The van der Waals surface area contributed by atoms with Crippen molar-refractivity contribution in [3.8, 4) is 46.3 Å². The van der Waals surface area contributed by atoms with Gasteiger partial charge in [-0.2, -0.15) is 0 Å². The van der Waals surface area contributed by atoms with Gasteiger partial charge in [0.05, 0.1) is 0 Å². The Morgan fingerprint density at radius 1 is 0.581 bits per heavy atom. The number of benzene rings is 4. The Balaban J connectivity index is 1.68. The lowest BCUT2D eigenvalue weighted by molar-refractivity contribution is 0.507. The zero-order valence-corrected chi connectivity index (χ0v) is 16.4. The molecule has 0 aromatic heterocycles. The van der Waals surface area contributed by atoms with Crippen LogP contribution in [0.5, 0.6) is 11.5 Å². The van der Waals surface area contributed by atoms with Crippen molar-refractivity contribution in [1.29, 1.82) is 10.5 Å². The quantitative estimate of drug-likeness (QED) is 0.335. The summed E-state index contributed by atoms with van der Waals surface area (Å²) in [4.78, 5) is 0. The molecule has 0 fully saturated rings. The summed E-state index contributed by atoms with van der Waals surface area (Å²) < 4.78 is 9.89. The maximum Gasteiger partial charge on any atom is 0.292 e. The van der Waals surface area contributed by atoms with Gasteiger partial charge in [0, 0.05) is 5.92 Å². The van der Waals surface area contributed by atoms with Gasteiger partial charge < -0.3 is 9.47 Å². The van der Waals surface area contributed by atoms with Crippen molar-refractivity contribution < 1.29 is 9.47 Å². The monoisotopic (exact) mass is 400 g/mol. The van der Waals surface area contributed by atoms with E-state index in [-0.39, 0.29) is 5.92 Å². The van der Waals surface area contributed by atoms with Crippen LogP contribution in [0.15, 0.2) is 91.0 Å². The van der Waals surface area contributed by atoms with Gasteiger partial charge in [0.15, 0.2) is 0 Å². The lowest BCUT2D eigenvalue weighted by atomic mass is 9.85. The molecule has 0 heterocycles. The predicted molar refractivity (Wildman–Crippen MR) is 117 cm³/mol. The molecule has 4 aromatic rings. The molecule has 146 valence electrons. The first-order valence-corrected chi connectivity index (χ1v) is 9.84. The number of ether oxygens (including phenoxy) is 2. The van der Waals surface area contributed by atoms with E-state index in [2.05, 4.69) is 42.5 Å². The first kappa shape index (κ1) is 18.5. The van der Waals surface area contributed by atoms with Gasteiger partial charge in [-0.15, -0.1) is 10.5 Å². The van der Waals surface area contributed by atoms with Crippen LogP contribution in [0, 0.1) is 23.0 Å². The van der Waals surface area contributed by atoms with E-state index in [0.29, 0.717) is 11.5 Å². The van der Waals surface area contributed by atoms with Crippen molar-refractivity contribution in [1.82, 2.24) is 0 Å². The minimum Gasteiger partial charge on any atom is -0.388 e. The molecular weight excluding hydrogens is 384 g/mol. The molecule has 4 heteroatoms. The van der Waals surface area contributed by atoms with Gasteiger partial charge in [0.1, 0.15) is 11.5 Å². The van der Waals surface area contributed by atoms with Crippen LogP contribution >= 0.6 is 0 Å². The molecule has 1 atom stereocenters. The summed E-state index contributed by atoms with van der Waals surface area (Å²) in [5, 5.41) is 17.5. The van der Waals surface area contributed by atoms with E-state index >= 15 is 0 Å². The maximum absolute atomic E-state index is 8.78. The third-order valence-corrected chi connectivity index (χ3v) is 5.66. The highest BCUT2D eigenvalue weighted by Gasteiger charge is 2.32. The highest BCUT2D eigenvalue weighted by molar-refractivity contribution is 5.88. The Kier molecular flexibility index (Phi) is 4.60. The number of rotatable bonds is 4. The average molecular weight is 400 g/mol. The summed E-state index contributed by atoms with van der Waals surface area (Å²) in [7, 11) is 0. The molecule has 1 unspecified atom stereocenters. The van der Waals surface area contributed by atoms with Gasteiger partial charge in [-0.3, -0.25) is 0 Å². The van der Waals surface area contributed by atoms with Gasteiger partial charge in [-0.1, -0.05) is 66.7 Å². The topological polar surface area (TPSA) is 66.0 Å². The summed E-state index contributed by atoms with van der Waals surface area (Å²) in [6, 6.07) is 30.1. The van der Waals surface area contributed by atoms with Crippen molar-refractivity contribution in [3.63, 3.8) is 0 Å². The third-order valence-electron chi connectivity index (χ3n) is 5.66. The fourth-order valence-corrected chi connectivity index (χ4v) is 4.39. The highest BCUT2D eigenvalue weighted by atomic mass is 16.5.